The maximum atomic E-state index is 12.2. The number of aromatic nitrogens is 1. The van der Waals surface area contributed by atoms with Crippen LogP contribution in [-0.4, -0.2) is 41.9 Å². The van der Waals surface area contributed by atoms with Gasteiger partial charge in [0, 0.05) is 33.5 Å². The van der Waals surface area contributed by atoms with Crippen molar-refractivity contribution < 1.29 is 14.3 Å². The number of methoxy groups -OCH3 is 1. The molecule has 1 amide bonds. The van der Waals surface area contributed by atoms with Crippen molar-refractivity contribution in [1.82, 2.24) is 9.99 Å². The summed E-state index contributed by atoms with van der Waals surface area (Å²) in [6, 6.07) is 15.4. The van der Waals surface area contributed by atoms with Gasteiger partial charge in [-0.2, -0.15) is 5.10 Å². The lowest BCUT2D eigenvalue weighted by Gasteiger charge is -2.14. The summed E-state index contributed by atoms with van der Waals surface area (Å²) in [6.07, 6.45) is 1.62. The molecule has 0 bridgehead atoms. The number of thioether (sulfide) groups is 2. The summed E-state index contributed by atoms with van der Waals surface area (Å²) in [6.45, 7) is 3.86. The van der Waals surface area contributed by atoms with E-state index in [2.05, 4.69) is 22.7 Å². The highest BCUT2D eigenvalue weighted by Gasteiger charge is 2.18. The number of nitrogens with zero attached hydrogens (tertiary/aromatic N) is 2. The molecule has 1 aliphatic rings. The molecule has 1 aliphatic heterocycles. The Kier molecular flexibility index (Phi) is 8.13. The number of halogens is 1. The van der Waals surface area contributed by atoms with Gasteiger partial charge in [0.15, 0.2) is 6.61 Å². The smallest absolute Gasteiger partial charge is 0.277 e. The van der Waals surface area contributed by atoms with Gasteiger partial charge in [-0.25, -0.2) is 5.43 Å². The Labute approximate surface area is 213 Å². The predicted octanol–water partition coefficient (Wildman–Crippen LogP) is 5.76. The Bertz CT molecular complexity index is 1190. The maximum Gasteiger partial charge on any atom is 0.277 e. The summed E-state index contributed by atoms with van der Waals surface area (Å²) in [5.74, 6) is 3.43. The fourth-order valence-electron chi connectivity index (χ4n) is 3.75. The zero-order chi connectivity index (χ0) is 24.1. The van der Waals surface area contributed by atoms with Crippen molar-refractivity contribution in [3.63, 3.8) is 0 Å². The van der Waals surface area contributed by atoms with E-state index in [1.165, 1.54) is 17.1 Å². The number of hydrazone groups is 1. The molecule has 1 aromatic heterocycles. The van der Waals surface area contributed by atoms with E-state index >= 15 is 0 Å². The molecule has 6 nitrogen and oxygen atoms in total. The van der Waals surface area contributed by atoms with Gasteiger partial charge in [0.2, 0.25) is 0 Å². The second kappa shape index (κ2) is 11.3. The van der Waals surface area contributed by atoms with Gasteiger partial charge in [0.1, 0.15) is 11.5 Å². The molecule has 0 unspecified atom stereocenters. The standard InChI is InChI=1S/C25H26ClN3O3S2/c1-16-12-19(17(2)29(16)22-13-20(26)6-9-23(22)31-3)14-27-28-24(30)15-32-21-7-4-18(5-8-21)25-33-10-11-34-25/h4-9,12-14,25H,10-11,15H2,1-3H3,(H,28,30)/b27-14-. The number of ether oxygens (including phenoxy) is 2. The Hall–Kier alpha value is -2.55. The van der Waals surface area contributed by atoms with E-state index in [4.69, 9.17) is 21.1 Å². The van der Waals surface area contributed by atoms with Gasteiger partial charge < -0.3 is 14.0 Å². The van der Waals surface area contributed by atoms with Crippen LogP contribution in [0.25, 0.3) is 5.69 Å². The fraction of sp³-hybridized carbons (Fsp3) is 0.280. The molecular formula is C25H26ClN3O3S2. The van der Waals surface area contributed by atoms with Crippen LogP contribution in [0.5, 0.6) is 11.5 Å². The van der Waals surface area contributed by atoms with Crippen LogP contribution in [0, 0.1) is 13.8 Å². The summed E-state index contributed by atoms with van der Waals surface area (Å²) < 4.78 is 13.6. The lowest BCUT2D eigenvalue weighted by Crippen LogP contribution is -2.24. The van der Waals surface area contributed by atoms with Crippen LogP contribution in [0.15, 0.2) is 53.6 Å². The highest BCUT2D eigenvalue weighted by molar-refractivity contribution is 8.19. The molecule has 9 heteroatoms. The third-order valence-corrected chi connectivity index (χ3v) is 8.73. The third kappa shape index (κ3) is 5.74. The third-order valence-electron chi connectivity index (χ3n) is 5.39. The minimum absolute atomic E-state index is 0.109. The van der Waals surface area contributed by atoms with Gasteiger partial charge in [-0.15, -0.1) is 23.5 Å². The highest BCUT2D eigenvalue weighted by Crippen LogP contribution is 2.45. The number of aryl methyl sites for hydroxylation is 1. The van der Waals surface area contributed by atoms with Crippen molar-refractivity contribution >= 4 is 47.2 Å². The molecule has 1 saturated heterocycles. The van der Waals surface area contributed by atoms with Gasteiger partial charge in [0.05, 0.1) is 23.6 Å². The average Bonchev–Trinajstić information content (AvgIpc) is 3.46. The lowest BCUT2D eigenvalue weighted by atomic mass is 10.2. The van der Waals surface area contributed by atoms with Crippen molar-refractivity contribution in [2.75, 3.05) is 25.2 Å². The van der Waals surface area contributed by atoms with Crippen LogP contribution in [-0.2, 0) is 4.79 Å². The van der Waals surface area contributed by atoms with E-state index in [0.29, 0.717) is 21.1 Å². The van der Waals surface area contributed by atoms with Crippen LogP contribution < -0.4 is 14.9 Å². The number of nitrogens with one attached hydrogen (secondary N) is 1. The van der Waals surface area contributed by atoms with E-state index < -0.39 is 0 Å². The molecule has 1 fully saturated rings. The molecule has 2 heterocycles. The minimum Gasteiger partial charge on any atom is -0.495 e. The molecule has 34 heavy (non-hydrogen) atoms. The average molecular weight is 516 g/mol. The normalized spacial score (nSPS) is 14.0. The Morgan fingerprint density at radius 2 is 1.91 bits per heavy atom. The zero-order valence-electron chi connectivity index (χ0n) is 19.2. The molecule has 178 valence electrons. The number of carbonyl (C=O) groups is 1. The van der Waals surface area contributed by atoms with E-state index in [1.807, 2.05) is 72.3 Å². The first-order valence-electron chi connectivity index (χ1n) is 10.8. The van der Waals surface area contributed by atoms with Crippen molar-refractivity contribution in [2.24, 2.45) is 5.10 Å². The maximum absolute atomic E-state index is 12.2. The number of hydrogen-bond acceptors (Lipinski definition) is 6. The summed E-state index contributed by atoms with van der Waals surface area (Å²) in [5.41, 5.74) is 7.47. The quantitative estimate of drug-likeness (QED) is 0.305. The van der Waals surface area contributed by atoms with Gasteiger partial charge in [-0.05, 0) is 55.8 Å². The second-order valence-electron chi connectivity index (χ2n) is 7.70. The zero-order valence-corrected chi connectivity index (χ0v) is 21.6. The monoisotopic (exact) mass is 515 g/mol. The number of carbonyl (C=O) groups excluding carboxylic acids is 1. The van der Waals surface area contributed by atoms with E-state index in [0.717, 1.165) is 22.6 Å². The Morgan fingerprint density at radius 1 is 1.18 bits per heavy atom. The van der Waals surface area contributed by atoms with Crippen LogP contribution >= 0.6 is 35.1 Å². The van der Waals surface area contributed by atoms with Crippen molar-refractivity contribution in [1.29, 1.82) is 0 Å². The van der Waals surface area contributed by atoms with Crippen LogP contribution in [0.1, 0.15) is 27.1 Å². The predicted molar refractivity (Wildman–Crippen MR) is 142 cm³/mol. The second-order valence-corrected chi connectivity index (χ2v) is 10.9. The molecule has 3 aromatic rings. The van der Waals surface area contributed by atoms with Crippen LogP contribution in [0.4, 0.5) is 0 Å². The minimum atomic E-state index is -0.326. The summed E-state index contributed by atoms with van der Waals surface area (Å²) in [5, 5.41) is 4.73. The first kappa shape index (κ1) is 24.6. The molecule has 0 spiro atoms. The SMILES string of the molecule is COc1ccc(Cl)cc1-n1c(C)cc(/C=N\NC(=O)COc2ccc(C3SCCS3)cc2)c1C. The molecular weight excluding hydrogens is 490 g/mol. The molecule has 0 radical (unpaired) electrons. The number of rotatable bonds is 8. The number of amides is 1. The van der Waals surface area contributed by atoms with Crippen molar-refractivity contribution in [3.8, 4) is 17.2 Å². The van der Waals surface area contributed by atoms with Crippen LogP contribution in [0.2, 0.25) is 5.02 Å². The Morgan fingerprint density at radius 3 is 2.62 bits per heavy atom. The molecule has 1 N–H and O–H groups in total. The molecule has 4 rings (SSSR count). The fourth-order valence-corrected chi connectivity index (χ4v) is 6.78. The summed E-state index contributed by atoms with van der Waals surface area (Å²) >= 11 is 10.1. The Balaban J connectivity index is 1.35. The molecule has 0 aliphatic carbocycles. The summed E-state index contributed by atoms with van der Waals surface area (Å²) in [4.78, 5) is 12.2. The van der Waals surface area contributed by atoms with Crippen LogP contribution in [0.3, 0.4) is 0 Å². The summed E-state index contributed by atoms with van der Waals surface area (Å²) in [7, 11) is 1.63. The van der Waals surface area contributed by atoms with Gasteiger partial charge >= 0.3 is 0 Å². The molecule has 0 saturated carbocycles. The number of benzene rings is 2. The van der Waals surface area contributed by atoms with Gasteiger partial charge in [0.25, 0.3) is 5.91 Å². The van der Waals surface area contributed by atoms with E-state index in [9.17, 15) is 4.79 Å². The van der Waals surface area contributed by atoms with Gasteiger partial charge in [-0.1, -0.05) is 23.7 Å². The van der Waals surface area contributed by atoms with Crippen molar-refractivity contribution in [3.05, 3.63) is 76.1 Å². The lowest BCUT2D eigenvalue weighted by molar-refractivity contribution is -0.123. The largest absolute Gasteiger partial charge is 0.495 e. The van der Waals surface area contributed by atoms with Gasteiger partial charge in [-0.3, -0.25) is 4.79 Å². The van der Waals surface area contributed by atoms with E-state index in [1.54, 1.807) is 19.4 Å². The first-order chi connectivity index (χ1) is 16.5. The molecule has 0 atom stereocenters. The first-order valence-corrected chi connectivity index (χ1v) is 13.2. The molecule has 2 aromatic carbocycles. The highest BCUT2D eigenvalue weighted by atomic mass is 35.5. The topological polar surface area (TPSA) is 64.8 Å². The van der Waals surface area contributed by atoms with E-state index in [-0.39, 0.29) is 12.5 Å². The van der Waals surface area contributed by atoms with Crippen molar-refractivity contribution in [2.45, 2.75) is 18.4 Å². The number of hydrogen-bond donors (Lipinski definition) is 1.